The standard InChI is InChI=1S/C18H21N5/c1-22-10-4-5-14(12-22)13-23-17(15-6-2-8-19-11-15)21-16-7-3-9-20-18(16)23/h2-3,6-9,11,14H,4-5,10,12-13H2,1H3. The zero-order valence-corrected chi connectivity index (χ0v) is 13.4. The van der Waals surface area contributed by atoms with Gasteiger partial charge in [-0.1, -0.05) is 0 Å². The Hall–Kier alpha value is -2.27. The predicted molar refractivity (Wildman–Crippen MR) is 91.0 cm³/mol. The molecule has 4 rings (SSSR count). The van der Waals surface area contributed by atoms with Gasteiger partial charge in [0.25, 0.3) is 0 Å². The lowest BCUT2D eigenvalue weighted by atomic mass is 9.98. The molecule has 0 radical (unpaired) electrons. The van der Waals surface area contributed by atoms with E-state index in [2.05, 4.69) is 32.5 Å². The highest BCUT2D eigenvalue weighted by Gasteiger charge is 2.21. The van der Waals surface area contributed by atoms with Crippen LogP contribution in [-0.4, -0.2) is 44.6 Å². The van der Waals surface area contributed by atoms with E-state index in [-0.39, 0.29) is 0 Å². The fraction of sp³-hybridized carbons (Fsp3) is 0.389. The van der Waals surface area contributed by atoms with Crippen LogP contribution in [-0.2, 0) is 6.54 Å². The lowest BCUT2D eigenvalue weighted by molar-refractivity contribution is 0.196. The molecule has 1 saturated heterocycles. The Morgan fingerprint density at radius 3 is 2.96 bits per heavy atom. The second-order valence-electron chi connectivity index (χ2n) is 6.40. The molecule has 1 atom stereocenters. The van der Waals surface area contributed by atoms with Gasteiger partial charge in [-0.15, -0.1) is 0 Å². The molecule has 0 bridgehead atoms. The van der Waals surface area contributed by atoms with Crippen molar-refractivity contribution in [2.45, 2.75) is 19.4 Å². The zero-order valence-electron chi connectivity index (χ0n) is 13.4. The van der Waals surface area contributed by atoms with Crippen LogP contribution in [0, 0.1) is 5.92 Å². The Kier molecular flexibility index (Phi) is 3.79. The van der Waals surface area contributed by atoms with Crippen molar-refractivity contribution in [3.05, 3.63) is 42.9 Å². The summed E-state index contributed by atoms with van der Waals surface area (Å²) < 4.78 is 2.27. The van der Waals surface area contributed by atoms with Crippen LogP contribution in [0.3, 0.4) is 0 Å². The molecule has 1 fully saturated rings. The van der Waals surface area contributed by atoms with E-state index in [4.69, 9.17) is 4.98 Å². The van der Waals surface area contributed by atoms with Gasteiger partial charge in [0.15, 0.2) is 5.65 Å². The van der Waals surface area contributed by atoms with Gasteiger partial charge in [-0.3, -0.25) is 4.98 Å². The molecule has 118 valence electrons. The molecular formula is C18H21N5. The monoisotopic (exact) mass is 307 g/mol. The van der Waals surface area contributed by atoms with Crippen LogP contribution in [0.2, 0.25) is 0 Å². The summed E-state index contributed by atoms with van der Waals surface area (Å²) in [5, 5.41) is 0. The average molecular weight is 307 g/mol. The number of fused-ring (bicyclic) bond motifs is 1. The van der Waals surface area contributed by atoms with E-state index in [1.807, 2.05) is 30.6 Å². The Morgan fingerprint density at radius 1 is 1.22 bits per heavy atom. The van der Waals surface area contributed by atoms with Gasteiger partial charge in [0, 0.05) is 37.2 Å². The Morgan fingerprint density at radius 2 is 2.13 bits per heavy atom. The van der Waals surface area contributed by atoms with Crippen molar-refractivity contribution in [3.8, 4) is 11.4 Å². The topological polar surface area (TPSA) is 46.8 Å². The summed E-state index contributed by atoms with van der Waals surface area (Å²) in [6.07, 6.45) is 8.06. The second-order valence-corrected chi connectivity index (χ2v) is 6.40. The predicted octanol–water partition coefficient (Wildman–Crippen LogP) is 2.84. The first-order valence-electron chi connectivity index (χ1n) is 8.21. The SMILES string of the molecule is CN1CCCC(Cn2c(-c3cccnc3)nc3cccnc32)C1. The maximum absolute atomic E-state index is 4.81. The van der Waals surface area contributed by atoms with E-state index >= 15 is 0 Å². The molecule has 4 heterocycles. The van der Waals surface area contributed by atoms with Crippen molar-refractivity contribution < 1.29 is 0 Å². The summed E-state index contributed by atoms with van der Waals surface area (Å²) in [5.41, 5.74) is 2.98. The highest BCUT2D eigenvalue weighted by molar-refractivity contribution is 5.76. The molecule has 0 amide bonds. The number of likely N-dealkylation sites (tertiary alicyclic amines) is 1. The molecule has 5 nitrogen and oxygen atoms in total. The first-order valence-corrected chi connectivity index (χ1v) is 8.21. The summed E-state index contributed by atoms with van der Waals surface area (Å²) in [6.45, 7) is 3.30. The number of hydrogen-bond acceptors (Lipinski definition) is 4. The molecule has 1 aliphatic heterocycles. The number of rotatable bonds is 3. The molecule has 1 aliphatic rings. The number of hydrogen-bond donors (Lipinski definition) is 0. The van der Waals surface area contributed by atoms with E-state index < -0.39 is 0 Å². The first kappa shape index (κ1) is 14.3. The summed E-state index contributed by atoms with van der Waals surface area (Å²) in [6, 6.07) is 8.01. The van der Waals surface area contributed by atoms with Gasteiger partial charge in [0.1, 0.15) is 11.3 Å². The minimum Gasteiger partial charge on any atom is -0.308 e. The summed E-state index contributed by atoms with van der Waals surface area (Å²) >= 11 is 0. The van der Waals surface area contributed by atoms with Gasteiger partial charge in [-0.2, -0.15) is 0 Å². The average Bonchev–Trinajstić information content (AvgIpc) is 2.95. The summed E-state index contributed by atoms with van der Waals surface area (Å²) in [5.74, 6) is 1.61. The molecule has 5 heteroatoms. The molecule has 3 aromatic heterocycles. The van der Waals surface area contributed by atoms with E-state index in [1.165, 1.54) is 19.4 Å². The van der Waals surface area contributed by atoms with Gasteiger partial charge in [0.05, 0.1) is 0 Å². The molecule has 0 N–H and O–H groups in total. The lowest BCUT2D eigenvalue weighted by Gasteiger charge is -2.30. The fourth-order valence-electron chi connectivity index (χ4n) is 3.53. The van der Waals surface area contributed by atoms with E-state index in [1.54, 1.807) is 6.20 Å². The molecule has 0 aliphatic carbocycles. The van der Waals surface area contributed by atoms with Crippen LogP contribution in [0.25, 0.3) is 22.6 Å². The number of imidazole rings is 1. The van der Waals surface area contributed by atoms with Crippen LogP contribution < -0.4 is 0 Å². The van der Waals surface area contributed by atoms with Crippen molar-refractivity contribution in [1.82, 2.24) is 24.4 Å². The molecular weight excluding hydrogens is 286 g/mol. The molecule has 3 aromatic rings. The van der Waals surface area contributed by atoms with Crippen molar-refractivity contribution in [1.29, 1.82) is 0 Å². The number of piperidine rings is 1. The highest BCUT2D eigenvalue weighted by atomic mass is 15.2. The largest absolute Gasteiger partial charge is 0.308 e. The van der Waals surface area contributed by atoms with Gasteiger partial charge in [0.2, 0.25) is 0 Å². The highest BCUT2D eigenvalue weighted by Crippen LogP contribution is 2.26. The van der Waals surface area contributed by atoms with Crippen molar-refractivity contribution >= 4 is 11.2 Å². The zero-order chi connectivity index (χ0) is 15.6. The maximum atomic E-state index is 4.81. The van der Waals surface area contributed by atoms with Gasteiger partial charge < -0.3 is 9.47 Å². The van der Waals surface area contributed by atoms with Crippen molar-refractivity contribution in [2.75, 3.05) is 20.1 Å². The molecule has 23 heavy (non-hydrogen) atoms. The van der Waals surface area contributed by atoms with Gasteiger partial charge in [-0.25, -0.2) is 9.97 Å². The van der Waals surface area contributed by atoms with Crippen molar-refractivity contribution in [3.63, 3.8) is 0 Å². The third kappa shape index (κ3) is 2.84. The summed E-state index contributed by atoms with van der Waals surface area (Å²) in [4.78, 5) is 16.1. The Bertz CT molecular complexity index is 796. The molecule has 0 saturated carbocycles. The maximum Gasteiger partial charge on any atom is 0.160 e. The quantitative estimate of drug-likeness (QED) is 0.746. The third-order valence-electron chi connectivity index (χ3n) is 4.59. The minimum atomic E-state index is 0.642. The van der Waals surface area contributed by atoms with Crippen LogP contribution in [0.4, 0.5) is 0 Å². The number of nitrogens with zero attached hydrogens (tertiary/aromatic N) is 5. The van der Waals surface area contributed by atoms with Crippen LogP contribution in [0.1, 0.15) is 12.8 Å². The summed E-state index contributed by atoms with van der Waals surface area (Å²) in [7, 11) is 2.21. The van der Waals surface area contributed by atoms with Gasteiger partial charge in [-0.05, 0) is 56.6 Å². The fourth-order valence-corrected chi connectivity index (χ4v) is 3.53. The normalized spacial score (nSPS) is 19.3. The van der Waals surface area contributed by atoms with Crippen LogP contribution >= 0.6 is 0 Å². The Labute approximate surface area is 136 Å². The van der Waals surface area contributed by atoms with Gasteiger partial charge >= 0.3 is 0 Å². The molecule has 0 aromatic carbocycles. The first-order chi connectivity index (χ1) is 11.3. The third-order valence-corrected chi connectivity index (χ3v) is 4.59. The lowest BCUT2D eigenvalue weighted by Crippen LogP contribution is -2.34. The van der Waals surface area contributed by atoms with Crippen LogP contribution in [0.15, 0.2) is 42.9 Å². The van der Waals surface area contributed by atoms with Crippen molar-refractivity contribution in [2.24, 2.45) is 5.92 Å². The Balaban J connectivity index is 1.77. The number of pyridine rings is 2. The number of aromatic nitrogens is 4. The molecule has 0 spiro atoms. The smallest absolute Gasteiger partial charge is 0.160 e. The van der Waals surface area contributed by atoms with E-state index in [9.17, 15) is 0 Å². The van der Waals surface area contributed by atoms with E-state index in [0.717, 1.165) is 35.6 Å². The van der Waals surface area contributed by atoms with E-state index in [0.29, 0.717) is 5.92 Å². The molecule has 1 unspecified atom stereocenters. The van der Waals surface area contributed by atoms with Crippen LogP contribution in [0.5, 0.6) is 0 Å². The minimum absolute atomic E-state index is 0.642. The second kappa shape index (κ2) is 6.08.